The van der Waals surface area contributed by atoms with Gasteiger partial charge in [0.15, 0.2) is 0 Å². The second-order valence-electron chi connectivity index (χ2n) is 5.20. The molecule has 0 atom stereocenters. The van der Waals surface area contributed by atoms with E-state index in [4.69, 9.17) is 5.11 Å². The highest BCUT2D eigenvalue weighted by Crippen LogP contribution is 2.25. The lowest BCUT2D eigenvalue weighted by atomic mass is 9.83. The smallest absolute Gasteiger partial charge is 0.305 e. The summed E-state index contributed by atoms with van der Waals surface area (Å²) in [4.78, 5) is 22.4. The lowest BCUT2D eigenvalue weighted by Crippen LogP contribution is -2.28. The van der Waals surface area contributed by atoms with E-state index in [0.717, 1.165) is 5.56 Å². The van der Waals surface area contributed by atoms with Gasteiger partial charge in [-0.2, -0.15) is 0 Å². The zero-order valence-corrected chi connectivity index (χ0v) is 11.0. The van der Waals surface area contributed by atoms with Crippen LogP contribution < -0.4 is 5.32 Å². The number of carboxylic acid groups (broad SMARTS) is 1. The van der Waals surface area contributed by atoms with Crippen molar-refractivity contribution in [2.45, 2.75) is 32.6 Å². The van der Waals surface area contributed by atoms with Crippen LogP contribution in [-0.4, -0.2) is 23.5 Å². The fraction of sp³-hybridized carbons (Fsp3) is 0.429. The third kappa shape index (κ3) is 3.87. The van der Waals surface area contributed by atoms with Crippen LogP contribution in [-0.2, 0) is 10.2 Å². The molecule has 0 saturated carbocycles. The molecule has 4 nitrogen and oxygen atoms in total. The Morgan fingerprint density at radius 1 is 1.22 bits per heavy atom. The zero-order chi connectivity index (χ0) is 13.8. The molecule has 0 heterocycles. The summed E-state index contributed by atoms with van der Waals surface area (Å²) in [6.45, 7) is 6.26. The van der Waals surface area contributed by atoms with Crippen molar-refractivity contribution in [1.29, 1.82) is 0 Å². The topological polar surface area (TPSA) is 66.4 Å². The Hall–Kier alpha value is -1.84. The van der Waals surface area contributed by atoms with Crippen LogP contribution in [0.15, 0.2) is 24.3 Å². The van der Waals surface area contributed by atoms with Gasteiger partial charge in [-0.05, 0) is 17.0 Å². The Morgan fingerprint density at radius 3 is 2.39 bits per heavy atom. The van der Waals surface area contributed by atoms with E-state index in [1.165, 1.54) is 0 Å². The third-order valence-electron chi connectivity index (χ3n) is 2.60. The number of hydrogen-bond acceptors (Lipinski definition) is 2. The molecule has 0 aliphatic heterocycles. The van der Waals surface area contributed by atoms with Gasteiger partial charge in [0.25, 0.3) is 5.91 Å². The van der Waals surface area contributed by atoms with Gasteiger partial charge < -0.3 is 10.4 Å². The van der Waals surface area contributed by atoms with E-state index in [1.807, 2.05) is 32.9 Å². The van der Waals surface area contributed by atoms with Crippen molar-refractivity contribution in [2.24, 2.45) is 0 Å². The highest BCUT2D eigenvalue weighted by molar-refractivity contribution is 5.96. The standard InChI is InChI=1S/C14H19NO3/c1-14(2,3)11-7-5-4-6-10(11)13(18)15-9-8-12(16)17/h4-7H,8-9H2,1-3H3,(H,15,18)(H,16,17). The van der Waals surface area contributed by atoms with E-state index in [2.05, 4.69) is 5.32 Å². The minimum atomic E-state index is -0.917. The SMILES string of the molecule is CC(C)(C)c1ccccc1C(=O)NCCC(=O)O. The van der Waals surface area contributed by atoms with Crippen molar-refractivity contribution in [1.82, 2.24) is 5.32 Å². The quantitative estimate of drug-likeness (QED) is 0.859. The van der Waals surface area contributed by atoms with Crippen molar-refractivity contribution in [3.05, 3.63) is 35.4 Å². The maximum atomic E-state index is 12.0. The molecule has 1 aromatic rings. The Bertz CT molecular complexity index is 447. The van der Waals surface area contributed by atoms with Gasteiger partial charge in [-0.15, -0.1) is 0 Å². The fourth-order valence-electron chi connectivity index (χ4n) is 1.71. The number of carboxylic acids is 1. The molecule has 0 aliphatic carbocycles. The summed E-state index contributed by atoms with van der Waals surface area (Å²) in [6, 6.07) is 7.39. The van der Waals surface area contributed by atoms with E-state index in [0.29, 0.717) is 5.56 Å². The van der Waals surface area contributed by atoms with E-state index >= 15 is 0 Å². The van der Waals surface area contributed by atoms with Crippen LogP contribution in [0.1, 0.15) is 43.1 Å². The van der Waals surface area contributed by atoms with Gasteiger partial charge in [0.1, 0.15) is 0 Å². The lowest BCUT2D eigenvalue weighted by Gasteiger charge is -2.22. The molecule has 0 aliphatic rings. The average Bonchev–Trinajstić information content (AvgIpc) is 2.27. The second-order valence-corrected chi connectivity index (χ2v) is 5.20. The van der Waals surface area contributed by atoms with Crippen molar-refractivity contribution in [3.8, 4) is 0 Å². The Morgan fingerprint density at radius 2 is 1.83 bits per heavy atom. The normalized spacial score (nSPS) is 11.1. The van der Waals surface area contributed by atoms with Gasteiger partial charge >= 0.3 is 5.97 Å². The molecule has 98 valence electrons. The van der Waals surface area contributed by atoms with Crippen molar-refractivity contribution in [2.75, 3.05) is 6.54 Å². The number of carbonyl (C=O) groups excluding carboxylic acids is 1. The lowest BCUT2D eigenvalue weighted by molar-refractivity contribution is -0.136. The highest BCUT2D eigenvalue weighted by Gasteiger charge is 2.20. The first kappa shape index (κ1) is 14.2. The second kappa shape index (κ2) is 5.67. The summed E-state index contributed by atoms with van der Waals surface area (Å²) < 4.78 is 0. The van der Waals surface area contributed by atoms with Crippen LogP contribution in [0.25, 0.3) is 0 Å². The predicted octanol–water partition coefficient (Wildman–Crippen LogP) is 2.19. The molecule has 0 bridgehead atoms. The summed E-state index contributed by atoms with van der Waals surface area (Å²) in [5.74, 6) is -1.14. The highest BCUT2D eigenvalue weighted by atomic mass is 16.4. The van der Waals surface area contributed by atoms with E-state index in [9.17, 15) is 9.59 Å². The van der Waals surface area contributed by atoms with E-state index in [-0.39, 0.29) is 24.3 Å². The monoisotopic (exact) mass is 249 g/mol. The number of benzene rings is 1. The number of aliphatic carboxylic acids is 1. The number of hydrogen-bond donors (Lipinski definition) is 2. The summed E-state index contributed by atoms with van der Waals surface area (Å²) in [6.07, 6.45) is -0.0660. The van der Waals surface area contributed by atoms with Gasteiger partial charge in [-0.3, -0.25) is 9.59 Å². The molecule has 1 aromatic carbocycles. The molecule has 0 fully saturated rings. The van der Waals surface area contributed by atoms with Crippen LogP contribution in [0.5, 0.6) is 0 Å². The molecule has 1 amide bonds. The molecule has 0 saturated heterocycles. The van der Waals surface area contributed by atoms with Gasteiger partial charge in [0.05, 0.1) is 6.42 Å². The van der Waals surface area contributed by atoms with E-state index in [1.54, 1.807) is 12.1 Å². The van der Waals surface area contributed by atoms with Crippen molar-refractivity contribution in [3.63, 3.8) is 0 Å². The molecule has 0 radical (unpaired) electrons. The Kier molecular flexibility index (Phi) is 4.48. The summed E-state index contributed by atoms with van der Waals surface area (Å²) >= 11 is 0. The average molecular weight is 249 g/mol. The number of carbonyl (C=O) groups is 2. The Labute approximate surface area is 107 Å². The van der Waals surface area contributed by atoms with Crippen LogP contribution >= 0.6 is 0 Å². The van der Waals surface area contributed by atoms with E-state index < -0.39 is 5.97 Å². The molecule has 1 rings (SSSR count). The first-order chi connectivity index (χ1) is 8.32. The van der Waals surface area contributed by atoms with Gasteiger partial charge in [0.2, 0.25) is 0 Å². The summed E-state index contributed by atoms with van der Waals surface area (Å²) in [7, 11) is 0. The number of amides is 1. The minimum Gasteiger partial charge on any atom is -0.481 e. The van der Waals surface area contributed by atoms with Crippen LogP contribution in [0, 0.1) is 0 Å². The molecule has 0 spiro atoms. The minimum absolute atomic E-state index is 0.0660. The van der Waals surface area contributed by atoms with Gasteiger partial charge in [-0.25, -0.2) is 0 Å². The molecule has 0 unspecified atom stereocenters. The van der Waals surface area contributed by atoms with Crippen LogP contribution in [0.4, 0.5) is 0 Å². The predicted molar refractivity (Wildman–Crippen MR) is 69.7 cm³/mol. The van der Waals surface area contributed by atoms with Crippen molar-refractivity contribution < 1.29 is 14.7 Å². The van der Waals surface area contributed by atoms with Crippen molar-refractivity contribution >= 4 is 11.9 Å². The third-order valence-corrected chi connectivity index (χ3v) is 2.60. The summed E-state index contributed by atoms with van der Waals surface area (Å²) in [5.41, 5.74) is 1.44. The maximum Gasteiger partial charge on any atom is 0.305 e. The molecule has 4 heteroatoms. The number of rotatable bonds is 4. The molecule has 2 N–H and O–H groups in total. The fourth-order valence-corrected chi connectivity index (χ4v) is 1.71. The molecule has 18 heavy (non-hydrogen) atoms. The largest absolute Gasteiger partial charge is 0.481 e. The zero-order valence-electron chi connectivity index (χ0n) is 11.0. The first-order valence-electron chi connectivity index (χ1n) is 5.92. The Balaban J connectivity index is 2.83. The van der Waals surface area contributed by atoms with Crippen LogP contribution in [0.3, 0.4) is 0 Å². The number of nitrogens with one attached hydrogen (secondary N) is 1. The summed E-state index contributed by atoms with van der Waals surface area (Å²) in [5, 5.41) is 11.2. The van der Waals surface area contributed by atoms with Gasteiger partial charge in [-0.1, -0.05) is 39.0 Å². The molecule has 0 aromatic heterocycles. The van der Waals surface area contributed by atoms with Gasteiger partial charge in [0, 0.05) is 12.1 Å². The van der Waals surface area contributed by atoms with Crippen LogP contribution in [0.2, 0.25) is 0 Å². The maximum absolute atomic E-state index is 12.0. The molecular weight excluding hydrogens is 230 g/mol. The molecular formula is C14H19NO3. The first-order valence-corrected chi connectivity index (χ1v) is 5.92.